The zero-order valence-electron chi connectivity index (χ0n) is 10.6. The molecule has 7 nitrogen and oxygen atoms in total. The second kappa shape index (κ2) is 5.42. The number of hydrogen-bond donors (Lipinski definition) is 1. The third kappa shape index (κ3) is 2.92. The van der Waals surface area contributed by atoms with E-state index in [9.17, 15) is 0 Å². The maximum absolute atomic E-state index is 5.52. The average molecular weight is 240 g/mol. The number of rotatable bonds is 4. The minimum atomic E-state index is 0.288. The van der Waals surface area contributed by atoms with Gasteiger partial charge in [0.15, 0.2) is 0 Å². The van der Waals surface area contributed by atoms with Gasteiger partial charge in [-0.1, -0.05) is 18.9 Å². The number of ether oxygens (including phenoxy) is 1. The fourth-order valence-electron chi connectivity index (χ4n) is 1.93. The van der Waals surface area contributed by atoms with Crippen molar-refractivity contribution in [2.45, 2.75) is 25.9 Å². The van der Waals surface area contributed by atoms with Gasteiger partial charge in [-0.2, -0.15) is 0 Å². The van der Waals surface area contributed by atoms with Crippen LogP contribution >= 0.6 is 0 Å². The first-order chi connectivity index (χ1) is 8.18. The van der Waals surface area contributed by atoms with E-state index in [0.717, 1.165) is 25.6 Å². The van der Waals surface area contributed by atoms with Gasteiger partial charge in [-0.05, 0) is 10.4 Å². The molecular weight excluding hydrogens is 220 g/mol. The quantitative estimate of drug-likeness (QED) is 0.759. The van der Waals surface area contributed by atoms with Crippen LogP contribution in [0.2, 0.25) is 0 Å². The number of aryl methyl sites for hydroxylation is 1. The van der Waals surface area contributed by atoms with Gasteiger partial charge < -0.3 is 15.0 Å². The Balaban J connectivity index is 2.04. The van der Waals surface area contributed by atoms with E-state index in [-0.39, 0.29) is 6.04 Å². The minimum Gasteiger partial charge on any atom is -0.377 e. The third-order valence-corrected chi connectivity index (χ3v) is 2.84. The molecule has 0 bridgehead atoms. The molecule has 1 atom stereocenters. The van der Waals surface area contributed by atoms with E-state index >= 15 is 0 Å². The summed E-state index contributed by atoms with van der Waals surface area (Å²) in [5.41, 5.74) is 0. The molecule has 0 spiro atoms. The van der Waals surface area contributed by atoms with Crippen molar-refractivity contribution >= 4 is 5.95 Å². The molecule has 1 fully saturated rings. The number of morpholine rings is 1. The average Bonchev–Trinajstić information content (AvgIpc) is 2.73. The second-order valence-corrected chi connectivity index (χ2v) is 4.59. The van der Waals surface area contributed by atoms with E-state index in [0.29, 0.717) is 12.6 Å². The van der Waals surface area contributed by atoms with Crippen molar-refractivity contribution in [2.75, 3.05) is 31.2 Å². The lowest BCUT2D eigenvalue weighted by Crippen LogP contribution is -2.52. The molecule has 0 aliphatic carbocycles. The molecular formula is C10H20N6O. The van der Waals surface area contributed by atoms with Gasteiger partial charge in [0.25, 0.3) is 0 Å². The second-order valence-electron chi connectivity index (χ2n) is 4.59. The summed E-state index contributed by atoms with van der Waals surface area (Å²) in [6.07, 6.45) is 0. The normalized spacial score (nSPS) is 21.2. The monoisotopic (exact) mass is 240 g/mol. The van der Waals surface area contributed by atoms with E-state index in [1.165, 1.54) is 0 Å². The molecule has 1 aromatic heterocycles. The lowest BCUT2D eigenvalue weighted by molar-refractivity contribution is 0.0919. The predicted molar refractivity (Wildman–Crippen MR) is 63.9 cm³/mol. The number of nitrogens with one attached hydrogen (secondary N) is 1. The molecule has 0 saturated carbocycles. The maximum Gasteiger partial charge on any atom is 0.245 e. The lowest BCUT2D eigenvalue weighted by Gasteiger charge is -2.36. The van der Waals surface area contributed by atoms with Gasteiger partial charge in [0.05, 0.1) is 19.3 Å². The molecule has 1 aromatic rings. The van der Waals surface area contributed by atoms with Crippen LogP contribution in [0.25, 0.3) is 0 Å². The Bertz CT molecular complexity index is 352. The van der Waals surface area contributed by atoms with E-state index in [1.807, 2.05) is 7.05 Å². The molecule has 2 rings (SSSR count). The highest BCUT2D eigenvalue weighted by Crippen LogP contribution is 2.14. The highest BCUT2D eigenvalue weighted by molar-refractivity contribution is 5.31. The largest absolute Gasteiger partial charge is 0.377 e. The predicted octanol–water partition coefficient (Wildman–Crippen LogP) is -0.587. The lowest BCUT2D eigenvalue weighted by atomic mass is 10.2. The highest BCUT2D eigenvalue weighted by atomic mass is 16.5. The number of aromatic nitrogens is 4. The number of tetrazole rings is 1. The van der Waals surface area contributed by atoms with Crippen molar-refractivity contribution in [3.05, 3.63) is 0 Å². The summed E-state index contributed by atoms with van der Waals surface area (Å²) in [7, 11) is 1.86. The van der Waals surface area contributed by atoms with Crippen molar-refractivity contribution in [3.8, 4) is 0 Å². The SMILES string of the molecule is CC(C)NCC1COCCN1c1nnnn1C. The van der Waals surface area contributed by atoms with Crippen LogP contribution in [0.4, 0.5) is 5.95 Å². The molecule has 7 heteroatoms. The molecule has 0 aromatic carbocycles. The topological polar surface area (TPSA) is 68.1 Å². The van der Waals surface area contributed by atoms with Crippen LogP contribution in [0.15, 0.2) is 0 Å². The van der Waals surface area contributed by atoms with Crippen LogP contribution in [-0.2, 0) is 11.8 Å². The van der Waals surface area contributed by atoms with Gasteiger partial charge in [-0.15, -0.1) is 0 Å². The fourth-order valence-corrected chi connectivity index (χ4v) is 1.93. The zero-order chi connectivity index (χ0) is 12.3. The van der Waals surface area contributed by atoms with Gasteiger partial charge in [0, 0.05) is 26.2 Å². The van der Waals surface area contributed by atoms with Crippen molar-refractivity contribution in [2.24, 2.45) is 7.05 Å². The van der Waals surface area contributed by atoms with Crippen LogP contribution in [0.3, 0.4) is 0 Å². The molecule has 17 heavy (non-hydrogen) atoms. The molecule has 0 amide bonds. The molecule has 1 saturated heterocycles. The zero-order valence-corrected chi connectivity index (χ0v) is 10.6. The first-order valence-electron chi connectivity index (χ1n) is 5.98. The number of anilines is 1. The van der Waals surface area contributed by atoms with E-state index in [4.69, 9.17) is 4.74 Å². The van der Waals surface area contributed by atoms with Gasteiger partial charge in [-0.3, -0.25) is 0 Å². The highest BCUT2D eigenvalue weighted by Gasteiger charge is 2.26. The van der Waals surface area contributed by atoms with Gasteiger partial charge in [0.2, 0.25) is 5.95 Å². The Morgan fingerprint density at radius 1 is 1.53 bits per heavy atom. The van der Waals surface area contributed by atoms with Crippen LogP contribution in [0.5, 0.6) is 0 Å². The van der Waals surface area contributed by atoms with Gasteiger partial charge >= 0.3 is 0 Å². The molecule has 2 heterocycles. The molecule has 1 N–H and O–H groups in total. The molecule has 1 aliphatic rings. The molecule has 0 radical (unpaired) electrons. The number of hydrogen-bond acceptors (Lipinski definition) is 6. The standard InChI is InChI=1S/C10H20N6O/c1-8(2)11-6-9-7-17-5-4-16(9)10-12-13-14-15(10)3/h8-9,11H,4-7H2,1-3H3. The third-order valence-electron chi connectivity index (χ3n) is 2.84. The van der Waals surface area contributed by atoms with E-state index in [1.54, 1.807) is 4.68 Å². The van der Waals surface area contributed by atoms with Crippen LogP contribution in [-0.4, -0.2) is 58.6 Å². The summed E-state index contributed by atoms with van der Waals surface area (Å²) in [6, 6.07) is 0.757. The molecule has 96 valence electrons. The Labute approximate surface area is 101 Å². The number of nitrogens with zero attached hydrogens (tertiary/aromatic N) is 5. The summed E-state index contributed by atoms with van der Waals surface area (Å²) in [6.45, 7) is 7.43. The van der Waals surface area contributed by atoms with Crippen molar-refractivity contribution in [1.29, 1.82) is 0 Å². The van der Waals surface area contributed by atoms with Crippen molar-refractivity contribution in [1.82, 2.24) is 25.5 Å². The molecule has 1 aliphatic heterocycles. The Morgan fingerprint density at radius 2 is 2.35 bits per heavy atom. The van der Waals surface area contributed by atoms with Crippen LogP contribution < -0.4 is 10.2 Å². The van der Waals surface area contributed by atoms with Crippen LogP contribution in [0, 0.1) is 0 Å². The fraction of sp³-hybridized carbons (Fsp3) is 0.900. The first-order valence-corrected chi connectivity index (χ1v) is 5.98. The summed E-state index contributed by atoms with van der Waals surface area (Å²) >= 11 is 0. The summed E-state index contributed by atoms with van der Waals surface area (Å²) in [5, 5.41) is 15.0. The maximum atomic E-state index is 5.52. The Kier molecular flexibility index (Phi) is 3.90. The van der Waals surface area contributed by atoms with Gasteiger partial charge in [0.1, 0.15) is 0 Å². The summed E-state index contributed by atoms with van der Waals surface area (Å²) in [4.78, 5) is 2.21. The Hall–Kier alpha value is -1.21. The van der Waals surface area contributed by atoms with E-state index < -0.39 is 0 Å². The van der Waals surface area contributed by atoms with E-state index in [2.05, 4.69) is 39.6 Å². The van der Waals surface area contributed by atoms with Gasteiger partial charge in [-0.25, -0.2) is 4.68 Å². The smallest absolute Gasteiger partial charge is 0.245 e. The summed E-state index contributed by atoms with van der Waals surface area (Å²) in [5.74, 6) is 0.809. The van der Waals surface area contributed by atoms with Crippen LogP contribution in [0.1, 0.15) is 13.8 Å². The summed E-state index contributed by atoms with van der Waals surface area (Å²) < 4.78 is 7.23. The molecule has 1 unspecified atom stereocenters. The van der Waals surface area contributed by atoms with Crippen molar-refractivity contribution < 1.29 is 4.74 Å². The minimum absolute atomic E-state index is 0.288. The first kappa shape index (κ1) is 12.3. The Morgan fingerprint density at radius 3 is 3.00 bits per heavy atom. The van der Waals surface area contributed by atoms with Crippen molar-refractivity contribution in [3.63, 3.8) is 0 Å².